The normalized spacial score (nSPS) is 11.5. The Balaban J connectivity index is 2.03. The molecule has 0 aliphatic heterocycles. The largest absolute Gasteiger partial charge is 0.268 e. The molecule has 8 heteroatoms. The van der Waals surface area contributed by atoms with Gasteiger partial charge >= 0.3 is 0 Å². The van der Waals surface area contributed by atoms with Crippen LogP contribution in [0.4, 0.5) is 0 Å². The maximum atomic E-state index is 12.8. The zero-order valence-electron chi connectivity index (χ0n) is 12.5. The van der Waals surface area contributed by atoms with Gasteiger partial charge in [0.25, 0.3) is 15.9 Å². The maximum Gasteiger partial charge on any atom is 0.266 e. The molecule has 3 aromatic rings. The zero-order valence-corrected chi connectivity index (χ0v) is 19.8. The van der Waals surface area contributed by atoms with Gasteiger partial charge in [-0.1, -0.05) is 36.4 Å². The average Bonchev–Trinajstić information content (AvgIpc) is 2.57. The lowest BCUT2D eigenvalue weighted by molar-refractivity contribution is 0.0980. The number of hydrogen-bond acceptors (Lipinski definition) is 3. The number of carbonyl (C=O) groups excluding carboxylic acids is 1. The topological polar surface area (TPSA) is 63.2 Å². The van der Waals surface area contributed by atoms with Crippen molar-refractivity contribution in [2.45, 2.75) is 4.90 Å². The predicted octanol–water partition coefficient (Wildman–Crippen LogP) is 4.77. The molecule has 0 heterocycles. The number of fused-ring (bicyclic) bond motifs is 1. The van der Waals surface area contributed by atoms with Crippen molar-refractivity contribution in [3.8, 4) is 0 Å². The maximum absolute atomic E-state index is 12.8. The van der Waals surface area contributed by atoms with E-state index in [-0.39, 0.29) is 4.90 Å². The van der Waals surface area contributed by atoms with Crippen molar-refractivity contribution in [1.82, 2.24) is 4.72 Å². The molecule has 4 nitrogen and oxygen atoms in total. The molecule has 25 heavy (non-hydrogen) atoms. The highest BCUT2D eigenvalue weighted by Crippen LogP contribution is 2.25. The highest BCUT2D eigenvalue weighted by atomic mass is 127. The summed E-state index contributed by atoms with van der Waals surface area (Å²) in [7, 11) is -3.98. The molecule has 0 saturated heterocycles. The predicted molar refractivity (Wildman–Crippen MR) is 123 cm³/mol. The molecule has 0 saturated carbocycles. The molecule has 1 N–H and O–H groups in total. The highest BCUT2D eigenvalue weighted by Gasteiger charge is 2.23. The van der Waals surface area contributed by atoms with Crippen LogP contribution in [-0.4, -0.2) is 14.3 Å². The average molecular weight is 689 g/mol. The van der Waals surface area contributed by atoms with E-state index in [9.17, 15) is 13.2 Å². The fraction of sp³-hybridized carbons (Fsp3) is 0. The molecule has 0 unspecified atom stereocenters. The van der Waals surface area contributed by atoms with Crippen molar-refractivity contribution in [1.29, 1.82) is 0 Å². The summed E-state index contributed by atoms with van der Waals surface area (Å²) in [5.41, 5.74) is 0.348. The van der Waals surface area contributed by atoms with Crippen molar-refractivity contribution in [3.05, 3.63) is 70.9 Å². The van der Waals surface area contributed by atoms with Crippen molar-refractivity contribution in [2.75, 3.05) is 0 Å². The number of nitrogens with one attached hydrogen (secondary N) is 1. The van der Waals surface area contributed by atoms with E-state index in [1.807, 2.05) is 24.3 Å². The molecule has 128 valence electrons. The van der Waals surface area contributed by atoms with Crippen molar-refractivity contribution >= 4 is 94.5 Å². The van der Waals surface area contributed by atoms with Gasteiger partial charge in [-0.25, -0.2) is 13.1 Å². The molecule has 3 rings (SSSR count). The SMILES string of the molecule is O=C(NS(=O)(=O)c1cccc2ccccc12)c1cc(I)cc(I)c1I. The smallest absolute Gasteiger partial charge is 0.266 e. The monoisotopic (exact) mass is 689 g/mol. The Labute approximate surface area is 186 Å². The molecule has 1 amide bonds. The van der Waals surface area contributed by atoms with Gasteiger partial charge in [0.2, 0.25) is 0 Å². The number of hydrogen-bond donors (Lipinski definition) is 1. The van der Waals surface area contributed by atoms with Crippen LogP contribution in [0.25, 0.3) is 10.8 Å². The highest BCUT2D eigenvalue weighted by molar-refractivity contribution is 14.1. The Morgan fingerprint density at radius 3 is 2.36 bits per heavy atom. The lowest BCUT2D eigenvalue weighted by atomic mass is 10.1. The quantitative estimate of drug-likeness (QED) is 0.319. The summed E-state index contributed by atoms with van der Waals surface area (Å²) in [6.45, 7) is 0. The van der Waals surface area contributed by atoms with Crippen LogP contribution in [0.2, 0.25) is 0 Å². The molecular formula is C17H10I3NO3S. The van der Waals surface area contributed by atoms with Crippen LogP contribution in [0.15, 0.2) is 59.5 Å². The summed E-state index contributed by atoms with van der Waals surface area (Å²) in [5, 5.41) is 1.38. The summed E-state index contributed by atoms with van der Waals surface area (Å²) < 4.78 is 30.2. The van der Waals surface area contributed by atoms with E-state index in [0.717, 1.165) is 16.1 Å². The summed E-state index contributed by atoms with van der Waals surface area (Å²) in [4.78, 5) is 12.7. The van der Waals surface area contributed by atoms with Gasteiger partial charge in [0.05, 0.1) is 10.5 Å². The Kier molecular flexibility index (Phi) is 5.90. The van der Waals surface area contributed by atoms with E-state index in [1.165, 1.54) is 6.07 Å². The minimum atomic E-state index is -3.98. The molecule has 0 fully saturated rings. The van der Waals surface area contributed by atoms with Crippen LogP contribution in [0.5, 0.6) is 0 Å². The first-order chi connectivity index (χ1) is 11.8. The zero-order chi connectivity index (χ0) is 18.2. The minimum Gasteiger partial charge on any atom is -0.268 e. The molecule has 0 aliphatic carbocycles. The number of carbonyl (C=O) groups is 1. The molecule has 0 spiro atoms. The molecule has 0 bridgehead atoms. The van der Waals surface area contributed by atoms with Gasteiger partial charge in [-0.15, -0.1) is 0 Å². The Morgan fingerprint density at radius 1 is 0.920 bits per heavy atom. The number of benzene rings is 3. The second-order valence-electron chi connectivity index (χ2n) is 5.16. The summed E-state index contributed by atoms with van der Waals surface area (Å²) in [6, 6.07) is 15.8. The van der Waals surface area contributed by atoms with E-state index in [1.54, 1.807) is 24.3 Å². The standard InChI is InChI=1S/C17H10I3NO3S/c18-11-8-13(16(20)14(19)9-11)17(22)21-25(23,24)15-7-3-5-10-4-1-2-6-12(10)15/h1-9H,(H,21,22). The van der Waals surface area contributed by atoms with Gasteiger partial charge in [-0.3, -0.25) is 4.79 Å². The first-order valence-electron chi connectivity index (χ1n) is 6.99. The lowest BCUT2D eigenvalue weighted by Crippen LogP contribution is -2.31. The number of rotatable bonds is 3. The van der Waals surface area contributed by atoms with Gasteiger partial charge in [-0.2, -0.15) is 0 Å². The Hall–Kier alpha value is -0.470. The van der Waals surface area contributed by atoms with Crippen LogP contribution in [0.3, 0.4) is 0 Å². The molecule has 3 aromatic carbocycles. The first kappa shape index (κ1) is 19.3. The van der Waals surface area contributed by atoms with Crippen LogP contribution >= 0.6 is 67.8 Å². The van der Waals surface area contributed by atoms with E-state index in [0.29, 0.717) is 10.9 Å². The third-order valence-electron chi connectivity index (χ3n) is 3.50. The van der Waals surface area contributed by atoms with Crippen molar-refractivity contribution in [2.24, 2.45) is 0 Å². The van der Waals surface area contributed by atoms with Gasteiger partial charge in [0.1, 0.15) is 0 Å². The lowest BCUT2D eigenvalue weighted by Gasteiger charge is -2.11. The fourth-order valence-electron chi connectivity index (χ4n) is 2.38. The van der Waals surface area contributed by atoms with E-state index < -0.39 is 15.9 Å². The van der Waals surface area contributed by atoms with Gasteiger partial charge in [0, 0.05) is 16.1 Å². The summed E-state index contributed by atoms with van der Waals surface area (Å²) in [6.07, 6.45) is 0. The second-order valence-corrected chi connectivity index (χ2v) is 10.3. The second kappa shape index (κ2) is 7.64. The third-order valence-corrected chi connectivity index (χ3v) is 8.56. The van der Waals surface area contributed by atoms with E-state index in [2.05, 4.69) is 72.5 Å². The van der Waals surface area contributed by atoms with Crippen LogP contribution in [0, 0.1) is 10.7 Å². The van der Waals surface area contributed by atoms with Crippen molar-refractivity contribution < 1.29 is 13.2 Å². The van der Waals surface area contributed by atoms with Gasteiger partial charge in [-0.05, 0) is 91.4 Å². The molecule has 0 radical (unpaired) electrons. The van der Waals surface area contributed by atoms with Crippen LogP contribution < -0.4 is 4.72 Å². The third kappa shape index (κ3) is 4.11. The van der Waals surface area contributed by atoms with E-state index >= 15 is 0 Å². The molecule has 0 atom stereocenters. The Morgan fingerprint density at radius 2 is 1.60 bits per heavy atom. The first-order valence-corrected chi connectivity index (χ1v) is 11.7. The van der Waals surface area contributed by atoms with Gasteiger partial charge < -0.3 is 0 Å². The molecular weight excluding hydrogens is 679 g/mol. The van der Waals surface area contributed by atoms with E-state index in [4.69, 9.17) is 0 Å². The molecule has 0 aliphatic rings. The van der Waals surface area contributed by atoms with Crippen LogP contribution in [0.1, 0.15) is 10.4 Å². The number of halogens is 3. The summed E-state index contributed by atoms with van der Waals surface area (Å²) >= 11 is 6.28. The number of amides is 1. The fourth-order valence-corrected chi connectivity index (χ4v) is 5.98. The minimum absolute atomic E-state index is 0.0919. The van der Waals surface area contributed by atoms with Gasteiger partial charge in [0.15, 0.2) is 0 Å². The Bertz CT molecular complexity index is 1090. The molecule has 0 aromatic heterocycles. The number of sulfonamides is 1. The van der Waals surface area contributed by atoms with Crippen molar-refractivity contribution in [3.63, 3.8) is 0 Å². The van der Waals surface area contributed by atoms with Crippen LogP contribution in [-0.2, 0) is 10.0 Å². The summed E-state index contributed by atoms with van der Waals surface area (Å²) in [5.74, 6) is -0.631.